The fraction of sp³-hybridized carbons (Fsp3) is 0.370. The van der Waals surface area contributed by atoms with Crippen molar-refractivity contribution in [2.75, 3.05) is 25.0 Å². The number of anilines is 1. The minimum absolute atomic E-state index is 0.0153. The van der Waals surface area contributed by atoms with Crippen molar-refractivity contribution in [1.29, 1.82) is 0 Å². The maximum Gasteiger partial charge on any atom is 0.257 e. The van der Waals surface area contributed by atoms with Crippen molar-refractivity contribution in [3.63, 3.8) is 0 Å². The largest absolute Gasteiger partial charge is 0.488 e. The minimum Gasteiger partial charge on any atom is -0.488 e. The Morgan fingerprint density at radius 2 is 1.84 bits per heavy atom. The van der Waals surface area contributed by atoms with Crippen LogP contribution in [0.25, 0.3) is 0 Å². The molecular formula is C27H31FN4O6. The standard InChI is InChI=1S/C27H31FN4O6/c1-16(2)36-22-13-32(14-22)27(35)18-5-6-24(23(28)11-18)38-21-10-19(9-20(12-21)37-17(3)15-33)26(34)29-25-7-8-31(4)30-25/h5-12,16-17,22,33H,13-15H2,1-4H3,(H,29,30,34). The third kappa shape index (κ3) is 6.67. The van der Waals surface area contributed by atoms with Crippen LogP contribution in [0, 0.1) is 5.82 Å². The van der Waals surface area contributed by atoms with E-state index in [0.29, 0.717) is 18.9 Å². The van der Waals surface area contributed by atoms with Crippen LogP contribution in [0.4, 0.5) is 10.2 Å². The molecule has 1 aliphatic heterocycles. The van der Waals surface area contributed by atoms with Crippen LogP contribution in [0.15, 0.2) is 48.7 Å². The van der Waals surface area contributed by atoms with Crippen LogP contribution in [0.2, 0.25) is 0 Å². The molecule has 1 atom stereocenters. The fourth-order valence-electron chi connectivity index (χ4n) is 3.87. The highest BCUT2D eigenvalue weighted by molar-refractivity contribution is 6.04. The molecule has 0 aliphatic carbocycles. The monoisotopic (exact) mass is 526 g/mol. The number of aliphatic hydroxyl groups excluding tert-OH is 1. The van der Waals surface area contributed by atoms with Gasteiger partial charge in [-0.1, -0.05) is 0 Å². The molecule has 4 rings (SSSR count). The molecule has 0 bridgehead atoms. The summed E-state index contributed by atoms with van der Waals surface area (Å²) in [6.45, 7) is 6.20. The molecule has 2 amide bonds. The molecular weight excluding hydrogens is 495 g/mol. The van der Waals surface area contributed by atoms with E-state index in [1.807, 2.05) is 13.8 Å². The van der Waals surface area contributed by atoms with Crippen molar-refractivity contribution in [3.05, 3.63) is 65.6 Å². The number of halogens is 1. The van der Waals surface area contributed by atoms with E-state index in [2.05, 4.69) is 10.4 Å². The number of carbonyl (C=O) groups excluding carboxylic acids is 2. The molecule has 202 valence electrons. The van der Waals surface area contributed by atoms with Crippen LogP contribution < -0.4 is 14.8 Å². The predicted octanol–water partition coefficient (Wildman–Crippen LogP) is 3.61. The minimum atomic E-state index is -0.735. The molecule has 1 unspecified atom stereocenters. The molecule has 0 saturated carbocycles. The molecule has 2 heterocycles. The third-order valence-electron chi connectivity index (χ3n) is 5.70. The molecule has 0 radical (unpaired) electrons. The number of aliphatic hydroxyl groups is 1. The third-order valence-corrected chi connectivity index (χ3v) is 5.70. The fourth-order valence-corrected chi connectivity index (χ4v) is 3.87. The molecule has 1 saturated heterocycles. The van der Waals surface area contributed by atoms with E-state index in [4.69, 9.17) is 14.2 Å². The molecule has 10 nitrogen and oxygen atoms in total. The summed E-state index contributed by atoms with van der Waals surface area (Å²) in [6.07, 6.45) is 1.19. The van der Waals surface area contributed by atoms with E-state index in [0.717, 1.165) is 6.07 Å². The average Bonchev–Trinajstić information content (AvgIpc) is 3.25. The number of nitrogens with one attached hydrogen (secondary N) is 1. The number of ether oxygens (including phenoxy) is 3. The van der Waals surface area contributed by atoms with E-state index < -0.39 is 17.8 Å². The zero-order chi connectivity index (χ0) is 27.4. The normalized spacial score (nSPS) is 14.2. The Bertz CT molecular complexity index is 1300. The number of likely N-dealkylation sites (tertiary alicyclic amines) is 1. The van der Waals surface area contributed by atoms with E-state index in [9.17, 15) is 19.1 Å². The molecule has 11 heteroatoms. The first-order chi connectivity index (χ1) is 18.1. The summed E-state index contributed by atoms with van der Waals surface area (Å²) in [4.78, 5) is 27.2. The van der Waals surface area contributed by atoms with Crippen LogP contribution in [-0.2, 0) is 11.8 Å². The Hall–Kier alpha value is -3.96. The summed E-state index contributed by atoms with van der Waals surface area (Å²) in [6, 6.07) is 10.0. The zero-order valence-electron chi connectivity index (χ0n) is 21.7. The van der Waals surface area contributed by atoms with Gasteiger partial charge in [-0.15, -0.1) is 0 Å². The van der Waals surface area contributed by atoms with Gasteiger partial charge in [-0.3, -0.25) is 14.3 Å². The number of hydrogen-bond acceptors (Lipinski definition) is 7. The highest BCUT2D eigenvalue weighted by atomic mass is 19.1. The lowest BCUT2D eigenvalue weighted by molar-refractivity contribution is -0.0684. The highest BCUT2D eigenvalue weighted by Crippen LogP contribution is 2.31. The van der Waals surface area contributed by atoms with Gasteiger partial charge in [-0.2, -0.15) is 5.10 Å². The Morgan fingerprint density at radius 1 is 1.11 bits per heavy atom. The number of amides is 2. The number of nitrogens with zero attached hydrogens (tertiary/aromatic N) is 3. The van der Waals surface area contributed by atoms with Gasteiger partial charge in [0.15, 0.2) is 17.4 Å². The molecule has 2 N–H and O–H groups in total. The first kappa shape index (κ1) is 27.1. The van der Waals surface area contributed by atoms with Gasteiger partial charge in [0.2, 0.25) is 0 Å². The van der Waals surface area contributed by atoms with Crippen LogP contribution in [-0.4, -0.2) is 69.6 Å². The Morgan fingerprint density at radius 3 is 2.47 bits per heavy atom. The van der Waals surface area contributed by atoms with Crippen molar-refractivity contribution in [2.24, 2.45) is 7.05 Å². The number of aromatic nitrogens is 2. The van der Waals surface area contributed by atoms with Gasteiger partial charge in [-0.25, -0.2) is 4.39 Å². The highest BCUT2D eigenvalue weighted by Gasteiger charge is 2.32. The molecule has 1 aromatic heterocycles. The molecule has 2 aromatic carbocycles. The smallest absolute Gasteiger partial charge is 0.257 e. The van der Waals surface area contributed by atoms with Crippen LogP contribution >= 0.6 is 0 Å². The number of carbonyl (C=O) groups is 2. The first-order valence-electron chi connectivity index (χ1n) is 12.3. The second kappa shape index (κ2) is 11.6. The van der Waals surface area contributed by atoms with Gasteiger partial charge in [0.05, 0.1) is 18.8 Å². The van der Waals surface area contributed by atoms with Crippen molar-refractivity contribution in [1.82, 2.24) is 14.7 Å². The lowest BCUT2D eigenvalue weighted by Gasteiger charge is -2.39. The van der Waals surface area contributed by atoms with E-state index >= 15 is 0 Å². The van der Waals surface area contributed by atoms with Crippen molar-refractivity contribution < 1.29 is 33.3 Å². The second-order valence-corrected chi connectivity index (χ2v) is 9.40. The number of hydrogen-bond donors (Lipinski definition) is 2. The second-order valence-electron chi connectivity index (χ2n) is 9.40. The van der Waals surface area contributed by atoms with Gasteiger partial charge in [0.1, 0.15) is 17.6 Å². The lowest BCUT2D eigenvalue weighted by atomic mass is 10.1. The van der Waals surface area contributed by atoms with Crippen LogP contribution in [0.5, 0.6) is 17.2 Å². The van der Waals surface area contributed by atoms with E-state index in [1.54, 1.807) is 35.8 Å². The van der Waals surface area contributed by atoms with Crippen molar-refractivity contribution in [2.45, 2.75) is 39.1 Å². The summed E-state index contributed by atoms with van der Waals surface area (Å²) in [7, 11) is 1.72. The molecule has 1 fully saturated rings. The quantitative estimate of drug-likeness (QED) is 0.415. The van der Waals surface area contributed by atoms with Crippen molar-refractivity contribution >= 4 is 17.6 Å². The molecule has 0 spiro atoms. The number of rotatable bonds is 10. The summed E-state index contributed by atoms with van der Waals surface area (Å²) >= 11 is 0. The van der Waals surface area contributed by atoms with Gasteiger partial charge in [0.25, 0.3) is 11.8 Å². The average molecular weight is 527 g/mol. The van der Waals surface area contributed by atoms with Gasteiger partial charge < -0.3 is 29.5 Å². The summed E-state index contributed by atoms with van der Waals surface area (Å²) in [5.74, 6) is -0.903. The SMILES string of the molecule is CC(C)OC1CN(C(=O)c2ccc(Oc3cc(OC(C)CO)cc(C(=O)Nc4ccn(C)n4)c3)c(F)c2)C1. The van der Waals surface area contributed by atoms with Gasteiger partial charge in [0, 0.05) is 49.6 Å². The Labute approximate surface area is 219 Å². The summed E-state index contributed by atoms with van der Waals surface area (Å²) < 4.78 is 33.6. The van der Waals surface area contributed by atoms with E-state index in [1.165, 1.54) is 30.3 Å². The molecule has 38 heavy (non-hydrogen) atoms. The molecule has 3 aromatic rings. The summed E-state index contributed by atoms with van der Waals surface area (Å²) in [5, 5.41) is 16.2. The zero-order valence-corrected chi connectivity index (χ0v) is 21.7. The Balaban J connectivity index is 1.50. The number of benzene rings is 2. The summed E-state index contributed by atoms with van der Waals surface area (Å²) in [5.41, 5.74) is 0.374. The van der Waals surface area contributed by atoms with Crippen LogP contribution in [0.3, 0.4) is 0 Å². The van der Waals surface area contributed by atoms with Crippen LogP contribution in [0.1, 0.15) is 41.5 Å². The van der Waals surface area contributed by atoms with Gasteiger partial charge in [-0.05, 0) is 51.1 Å². The maximum atomic E-state index is 15.0. The lowest BCUT2D eigenvalue weighted by Crippen LogP contribution is -2.55. The Kier molecular flexibility index (Phi) is 8.28. The van der Waals surface area contributed by atoms with E-state index in [-0.39, 0.29) is 53.1 Å². The van der Waals surface area contributed by atoms with Gasteiger partial charge >= 0.3 is 0 Å². The predicted molar refractivity (Wildman–Crippen MR) is 137 cm³/mol. The maximum absolute atomic E-state index is 15.0. The topological polar surface area (TPSA) is 115 Å². The number of aryl methyl sites for hydroxylation is 1. The van der Waals surface area contributed by atoms with Crippen molar-refractivity contribution in [3.8, 4) is 17.2 Å². The first-order valence-corrected chi connectivity index (χ1v) is 12.3. The molecule has 1 aliphatic rings.